The fraction of sp³-hybridized carbons (Fsp3) is 0.136. The third-order valence-electron chi connectivity index (χ3n) is 4.64. The topological polar surface area (TPSA) is 131 Å². The molecule has 0 saturated carbocycles. The van der Waals surface area contributed by atoms with Crippen LogP contribution in [0.2, 0.25) is 0 Å². The summed E-state index contributed by atoms with van der Waals surface area (Å²) in [6, 6.07) is 16.8. The number of nitrogens with one attached hydrogen (secondary N) is 3. The molecule has 0 saturated heterocycles. The zero-order valence-electron chi connectivity index (χ0n) is 18.1. The minimum absolute atomic E-state index is 0.0202. The molecule has 0 aliphatic carbocycles. The molecule has 0 bridgehead atoms. The predicted molar refractivity (Wildman–Crippen MR) is 128 cm³/mol. The molecule has 0 fully saturated rings. The maximum absolute atomic E-state index is 12.7. The van der Waals surface area contributed by atoms with E-state index in [9.17, 15) is 21.6 Å². The standard InChI is InChI=1S/C22H23N3O6S2/c1-15-20(5-4-6-21(15)25-32(3,27)28)22(26)23-16-9-13-19(14-10-16)33(29,30)24-17-7-11-18(31-2)12-8-17/h4-14,24-25H,1-3H3,(H,23,26). The molecule has 1 amide bonds. The average Bonchev–Trinajstić information content (AvgIpc) is 2.75. The van der Waals surface area contributed by atoms with E-state index in [1.165, 1.54) is 31.4 Å². The van der Waals surface area contributed by atoms with E-state index in [-0.39, 0.29) is 10.5 Å². The SMILES string of the molecule is COc1ccc(NS(=O)(=O)c2ccc(NC(=O)c3cccc(NS(C)(=O)=O)c3C)cc2)cc1. The Kier molecular flexibility index (Phi) is 6.94. The summed E-state index contributed by atoms with van der Waals surface area (Å²) in [4.78, 5) is 12.7. The van der Waals surface area contributed by atoms with Crippen LogP contribution in [0.4, 0.5) is 17.1 Å². The van der Waals surface area contributed by atoms with Crippen molar-refractivity contribution in [1.82, 2.24) is 0 Å². The smallest absolute Gasteiger partial charge is 0.261 e. The Bertz CT molecular complexity index is 1370. The molecular weight excluding hydrogens is 466 g/mol. The summed E-state index contributed by atoms with van der Waals surface area (Å²) in [5.41, 5.74) is 1.80. The van der Waals surface area contributed by atoms with Crippen molar-refractivity contribution in [1.29, 1.82) is 0 Å². The molecule has 0 aliphatic heterocycles. The van der Waals surface area contributed by atoms with Gasteiger partial charge >= 0.3 is 0 Å². The molecule has 0 unspecified atom stereocenters. The molecule has 3 rings (SSSR count). The summed E-state index contributed by atoms with van der Waals surface area (Å²) in [5.74, 6) is 0.141. The Morgan fingerprint density at radius 3 is 2.00 bits per heavy atom. The van der Waals surface area contributed by atoms with Crippen molar-refractivity contribution >= 4 is 43.0 Å². The van der Waals surface area contributed by atoms with Gasteiger partial charge < -0.3 is 10.1 Å². The second kappa shape index (κ2) is 9.51. The Balaban J connectivity index is 1.74. The first-order valence-corrected chi connectivity index (χ1v) is 13.0. The van der Waals surface area contributed by atoms with Crippen LogP contribution < -0.4 is 19.5 Å². The summed E-state index contributed by atoms with van der Waals surface area (Å²) in [7, 11) is -5.81. The highest BCUT2D eigenvalue weighted by Crippen LogP contribution is 2.23. The average molecular weight is 490 g/mol. The fourth-order valence-electron chi connectivity index (χ4n) is 2.98. The van der Waals surface area contributed by atoms with Crippen molar-refractivity contribution in [2.75, 3.05) is 28.1 Å². The molecule has 0 aromatic heterocycles. The zero-order valence-corrected chi connectivity index (χ0v) is 19.7. The van der Waals surface area contributed by atoms with Crippen molar-refractivity contribution in [3.05, 3.63) is 77.9 Å². The monoisotopic (exact) mass is 489 g/mol. The lowest BCUT2D eigenvalue weighted by atomic mass is 10.1. The van der Waals surface area contributed by atoms with Gasteiger partial charge in [0, 0.05) is 16.9 Å². The second-order valence-electron chi connectivity index (χ2n) is 7.16. The first-order valence-electron chi connectivity index (χ1n) is 9.64. The van der Waals surface area contributed by atoms with Crippen LogP contribution in [0.3, 0.4) is 0 Å². The lowest BCUT2D eigenvalue weighted by Crippen LogP contribution is -2.16. The molecule has 11 heteroatoms. The number of anilines is 3. The van der Waals surface area contributed by atoms with Gasteiger partial charge in [-0.2, -0.15) is 0 Å². The van der Waals surface area contributed by atoms with Crippen LogP contribution in [0.1, 0.15) is 15.9 Å². The molecule has 0 radical (unpaired) electrons. The summed E-state index contributed by atoms with van der Waals surface area (Å²) >= 11 is 0. The van der Waals surface area contributed by atoms with E-state index < -0.39 is 26.0 Å². The summed E-state index contributed by atoms with van der Waals surface area (Å²) in [5, 5.41) is 2.68. The van der Waals surface area contributed by atoms with Crippen LogP contribution in [0.5, 0.6) is 5.75 Å². The number of amides is 1. The van der Waals surface area contributed by atoms with E-state index in [4.69, 9.17) is 4.74 Å². The van der Waals surface area contributed by atoms with E-state index in [2.05, 4.69) is 14.8 Å². The van der Waals surface area contributed by atoms with E-state index >= 15 is 0 Å². The Morgan fingerprint density at radius 2 is 1.42 bits per heavy atom. The van der Waals surface area contributed by atoms with Crippen LogP contribution in [0, 0.1) is 6.92 Å². The molecule has 3 N–H and O–H groups in total. The van der Waals surface area contributed by atoms with Crippen LogP contribution in [-0.4, -0.2) is 36.1 Å². The number of ether oxygens (including phenoxy) is 1. The molecule has 9 nitrogen and oxygen atoms in total. The third kappa shape index (κ3) is 6.24. The molecule has 0 heterocycles. The van der Waals surface area contributed by atoms with E-state index in [0.29, 0.717) is 28.4 Å². The van der Waals surface area contributed by atoms with Crippen molar-refractivity contribution in [2.45, 2.75) is 11.8 Å². The Hall–Kier alpha value is -3.57. The summed E-state index contributed by atoms with van der Waals surface area (Å²) < 4.78 is 58.2. The van der Waals surface area contributed by atoms with Crippen molar-refractivity contribution < 1.29 is 26.4 Å². The Morgan fingerprint density at radius 1 is 0.818 bits per heavy atom. The number of hydrogen-bond donors (Lipinski definition) is 3. The van der Waals surface area contributed by atoms with Gasteiger partial charge in [0.05, 0.1) is 23.9 Å². The third-order valence-corrected chi connectivity index (χ3v) is 6.63. The normalized spacial score (nSPS) is 11.5. The van der Waals surface area contributed by atoms with Gasteiger partial charge in [-0.05, 0) is 73.2 Å². The first kappa shape index (κ1) is 24.1. The highest BCUT2D eigenvalue weighted by Gasteiger charge is 2.16. The molecular formula is C22H23N3O6S2. The second-order valence-corrected chi connectivity index (χ2v) is 10.6. The quantitative estimate of drug-likeness (QED) is 0.444. The molecule has 3 aromatic carbocycles. The highest BCUT2D eigenvalue weighted by atomic mass is 32.2. The van der Waals surface area contributed by atoms with Gasteiger partial charge in [-0.3, -0.25) is 14.2 Å². The highest BCUT2D eigenvalue weighted by molar-refractivity contribution is 7.92. The summed E-state index contributed by atoms with van der Waals surface area (Å²) in [6.07, 6.45) is 1.03. The maximum Gasteiger partial charge on any atom is 0.261 e. The van der Waals surface area contributed by atoms with E-state index in [1.807, 2.05) is 0 Å². The van der Waals surface area contributed by atoms with Gasteiger partial charge in [0.25, 0.3) is 15.9 Å². The Labute approximate surface area is 192 Å². The van der Waals surface area contributed by atoms with Gasteiger partial charge in [0.1, 0.15) is 5.75 Å². The van der Waals surface area contributed by atoms with Gasteiger partial charge in [-0.15, -0.1) is 0 Å². The molecule has 33 heavy (non-hydrogen) atoms. The lowest BCUT2D eigenvalue weighted by molar-refractivity contribution is 0.102. The predicted octanol–water partition coefficient (Wildman–Crippen LogP) is 3.43. The number of hydrogen-bond acceptors (Lipinski definition) is 6. The maximum atomic E-state index is 12.7. The molecule has 0 spiro atoms. The van der Waals surface area contributed by atoms with Gasteiger partial charge in [-0.25, -0.2) is 16.8 Å². The van der Waals surface area contributed by atoms with E-state index in [0.717, 1.165) is 6.26 Å². The van der Waals surface area contributed by atoms with Crippen molar-refractivity contribution in [3.8, 4) is 5.75 Å². The molecule has 3 aromatic rings. The molecule has 174 valence electrons. The molecule has 0 atom stereocenters. The zero-order chi connectivity index (χ0) is 24.2. The van der Waals surface area contributed by atoms with Crippen LogP contribution in [0.25, 0.3) is 0 Å². The number of methoxy groups -OCH3 is 1. The summed E-state index contributed by atoms with van der Waals surface area (Å²) in [6.45, 7) is 1.63. The van der Waals surface area contributed by atoms with Gasteiger partial charge in [0.2, 0.25) is 10.0 Å². The number of benzene rings is 3. The van der Waals surface area contributed by atoms with Crippen LogP contribution >= 0.6 is 0 Å². The fourth-order valence-corrected chi connectivity index (χ4v) is 4.66. The number of carbonyl (C=O) groups excluding carboxylic acids is 1. The van der Waals surface area contributed by atoms with Crippen molar-refractivity contribution in [3.63, 3.8) is 0 Å². The number of rotatable bonds is 8. The minimum Gasteiger partial charge on any atom is -0.497 e. The van der Waals surface area contributed by atoms with E-state index in [1.54, 1.807) is 49.4 Å². The van der Waals surface area contributed by atoms with Crippen molar-refractivity contribution in [2.24, 2.45) is 0 Å². The lowest BCUT2D eigenvalue weighted by Gasteiger charge is -2.13. The first-order chi connectivity index (χ1) is 15.5. The molecule has 0 aliphatic rings. The van der Waals surface area contributed by atoms with Crippen LogP contribution in [0.15, 0.2) is 71.6 Å². The van der Waals surface area contributed by atoms with Gasteiger partial charge in [0.15, 0.2) is 0 Å². The van der Waals surface area contributed by atoms with Crippen LogP contribution in [-0.2, 0) is 20.0 Å². The minimum atomic E-state index is -3.83. The number of carbonyl (C=O) groups is 1. The largest absolute Gasteiger partial charge is 0.497 e. The number of sulfonamides is 2. The van der Waals surface area contributed by atoms with Gasteiger partial charge in [-0.1, -0.05) is 6.07 Å².